The van der Waals surface area contributed by atoms with E-state index in [1.54, 1.807) is 40.4 Å². The van der Waals surface area contributed by atoms with Gasteiger partial charge in [-0.3, -0.25) is 9.13 Å². The lowest BCUT2D eigenvalue weighted by atomic mass is 10.0. The number of aromatic nitrogens is 3. The molecule has 9 nitrogen and oxygen atoms in total. The highest BCUT2D eigenvalue weighted by Crippen LogP contribution is 2.29. The third-order valence-electron chi connectivity index (χ3n) is 6.42. The Balaban J connectivity index is 1.71. The van der Waals surface area contributed by atoms with Crippen LogP contribution in [0.4, 0.5) is 10.5 Å². The minimum Gasteiger partial charge on any atom is -0.444 e. The normalized spacial score (nSPS) is 16.2. The lowest BCUT2D eigenvalue weighted by Gasteiger charge is -2.39. The maximum absolute atomic E-state index is 13.2. The highest BCUT2D eigenvalue weighted by atomic mass is 16.6. The summed E-state index contributed by atoms with van der Waals surface area (Å²) in [5, 5.41) is 9.53. The summed E-state index contributed by atoms with van der Waals surface area (Å²) in [6, 6.07) is 11.4. The summed E-state index contributed by atoms with van der Waals surface area (Å²) in [5.74, 6) is 0. The zero-order chi connectivity index (χ0) is 25.3. The summed E-state index contributed by atoms with van der Waals surface area (Å²) < 4.78 is 8.81. The van der Waals surface area contributed by atoms with Gasteiger partial charge >= 0.3 is 11.8 Å². The minimum absolute atomic E-state index is 0.0231. The molecule has 1 aliphatic heterocycles. The first kappa shape index (κ1) is 24.3. The number of imidazole rings is 1. The zero-order valence-corrected chi connectivity index (χ0v) is 21.0. The number of nitrogens with zero attached hydrogens (tertiary/aromatic N) is 6. The first-order chi connectivity index (χ1) is 16.6. The molecule has 1 atom stereocenters. The molecule has 0 unspecified atom stereocenters. The average Bonchev–Trinajstić information content (AvgIpc) is 3.08. The second-order valence-corrected chi connectivity index (χ2v) is 10.0. The molecule has 4 rings (SSSR count). The molecule has 35 heavy (non-hydrogen) atoms. The number of hydrogen-bond donors (Lipinski definition) is 0. The van der Waals surface area contributed by atoms with Gasteiger partial charge in [-0.2, -0.15) is 5.26 Å². The Morgan fingerprint density at radius 3 is 2.74 bits per heavy atom. The number of aryl methyl sites for hydroxylation is 1. The maximum Gasteiger partial charge on any atom is 0.410 e. The molecular weight excluding hydrogens is 444 g/mol. The quantitative estimate of drug-likeness (QED) is 0.572. The number of nitriles is 1. The second-order valence-electron chi connectivity index (χ2n) is 10.0. The largest absolute Gasteiger partial charge is 0.444 e. The van der Waals surface area contributed by atoms with Gasteiger partial charge in [0, 0.05) is 33.4 Å². The van der Waals surface area contributed by atoms with Gasteiger partial charge in [0.05, 0.1) is 29.9 Å². The van der Waals surface area contributed by atoms with Crippen LogP contribution >= 0.6 is 0 Å². The van der Waals surface area contributed by atoms with E-state index in [2.05, 4.69) is 16.0 Å². The molecule has 184 valence electrons. The number of anilines is 1. The molecule has 0 aliphatic carbocycles. The van der Waals surface area contributed by atoms with Crippen molar-refractivity contribution in [1.29, 1.82) is 5.26 Å². The van der Waals surface area contributed by atoms with Crippen LogP contribution in [0.5, 0.6) is 0 Å². The average molecular weight is 477 g/mol. The van der Waals surface area contributed by atoms with Gasteiger partial charge in [-0.15, -0.1) is 0 Å². The number of likely N-dealkylation sites (N-methyl/N-ethyl adjacent to an activating group) is 1. The second kappa shape index (κ2) is 9.45. The highest BCUT2D eigenvalue weighted by molar-refractivity contribution is 5.87. The molecule has 1 fully saturated rings. The van der Waals surface area contributed by atoms with E-state index in [1.165, 1.54) is 0 Å². The van der Waals surface area contributed by atoms with Crippen LogP contribution in [-0.2, 0) is 18.3 Å². The van der Waals surface area contributed by atoms with Crippen molar-refractivity contribution < 1.29 is 9.53 Å². The minimum atomic E-state index is -0.559. The molecule has 3 aromatic rings. The van der Waals surface area contributed by atoms with Gasteiger partial charge in [-0.1, -0.05) is 18.2 Å². The van der Waals surface area contributed by atoms with Crippen molar-refractivity contribution in [3.05, 3.63) is 58.1 Å². The van der Waals surface area contributed by atoms with Crippen LogP contribution < -0.4 is 10.6 Å². The molecule has 1 amide bonds. The van der Waals surface area contributed by atoms with Gasteiger partial charge in [-0.25, -0.2) is 14.6 Å². The first-order valence-corrected chi connectivity index (χ1v) is 11.8. The summed E-state index contributed by atoms with van der Waals surface area (Å²) in [5.41, 5.74) is 2.78. The van der Waals surface area contributed by atoms with Gasteiger partial charge in [0.15, 0.2) is 5.65 Å². The molecule has 2 aromatic heterocycles. The van der Waals surface area contributed by atoms with Gasteiger partial charge in [0.2, 0.25) is 0 Å². The lowest BCUT2D eigenvalue weighted by molar-refractivity contribution is 0.0210. The van der Waals surface area contributed by atoms with Crippen LogP contribution in [0, 0.1) is 11.3 Å². The van der Waals surface area contributed by atoms with Crippen molar-refractivity contribution in [3.63, 3.8) is 0 Å². The number of carbonyl (C=O) groups is 1. The van der Waals surface area contributed by atoms with Crippen LogP contribution in [0.3, 0.4) is 0 Å². The molecule has 9 heteroatoms. The van der Waals surface area contributed by atoms with Crippen LogP contribution in [0.1, 0.15) is 44.7 Å². The van der Waals surface area contributed by atoms with E-state index in [0.717, 1.165) is 36.2 Å². The number of rotatable bonds is 4. The molecule has 3 heterocycles. The third-order valence-corrected chi connectivity index (χ3v) is 6.42. The van der Waals surface area contributed by atoms with Crippen molar-refractivity contribution in [1.82, 2.24) is 19.0 Å². The van der Waals surface area contributed by atoms with E-state index in [-0.39, 0.29) is 24.4 Å². The fourth-order valence-corrected chi connectivity index (χ4v) is 4.62. The highest BCUT2D eigenvalue weighted by Gasteiger charge is 2.31. The predicted octanol–water partition coefficient (Wildman–Crippen LogP) is 3.49. The Morgan fingerprint density at radius 2 is 2.03 bits per heavy atom. The standard InChI is InChI=1S/C26H32N6O3/c1-26(2,3)35-25(34)29(4)20-11-8-14-31(17-20)21-12-13-28-23-22(21)32(24(33)30(23)5)16-19-10-7-6-9-18(19)15-27/h6-7,9-10,12-13,20H,8,11,14,16-17H2,1-5H3/t20-/m1/s1. The van der Waals surface area contributed by atoms with Crippen molar-refractivity contribution in [2.75, 3.05) is 25.0 Å². The summed E-state index contributed by atoms with van der Waals surface area (Å²) in [6.45, 7) is 7.27. The molecule has 1 aliphatic rings. The lowest BCUT2D eigenvalue weighted by Crippen LogP contribution is -2.50. The van der Waals surface area contributed by atoms with E-state index < -0.39 is 5.60 Å². The van der Waals surface area contributed by atoms with Crippen molar-refractivity contribution in [3.8, 4) is 6.07 Å². The van der Waals surface area contributed by atoms with Crippen molar-refractivity contribution >= 4 is 22.9 Å². The van der Waals surface area contributed by atoms with Crippen LogP contribution in [0.2, 0.25) is 0 Å². The van der Waals surface area contributed by atoms with E-state index in [9.17, 15) is 14.9 Å². The Morgan fingerprint density at radius 1 is 1.29 bits per heavy atom. The van der Waals surface area contributed by atoms with Crippen LogP contribution in [0.15, 0.2) is 41.3 Å². The van der Waals surface area contributed by atoms with Gasteiger partial charge in [0.25, 0.3) is 0 Å². The number of fused-ring (bicyclic) bond motifs is 1. The van der Waals surface area contributed by atoms with Gasteiger partial charge < -0.3 is 14.5 Å². The molecule has 1 saturated heterocycles. The molecule has 0 spiro atoms. The van der Waals surface area contributed by atoms with Crippen LogP contribution in [0.25, 0.3) is 11.2 Å². The molecule has 0 saturated carbocycles. The Hall–Kier alpha value is -3.80. The van der Waals surface area contributed by atoms with E-state index in [4.69, 9.17) is 4.74 Å². The number of carbonyl (C=O) groups excluding carboxylic acids is 1. The SMILES string of the molecule is CN(C(=O)OC(C)(C)C)[C@@H]1CCCN(c2ccnc3c2n(Cc2ccccc2C#N)c(=O)n3C)C1. The molecule has 0 bridgehead atoms. The monoisotopic (exact) mass is 476 g/mol. The maximum atomic E-state index is 13.2. The van der Waals surface area contributed by atoms with Gasteiger partial charge in [0.1, 0.15) is 11.1 Å². The van der Waals surface area contributed by atoms with E-state index >= 15 is 0 Å². The number of pyridine rings is 1. The van der Waals surface area contributed by atoms with E-state index in [0.29, 0.717) is 17.8 Å². The fourth-order valence-electron chi connectivity index (χ4n) is 4.62. The molecule has 0 radical (unpaired) electrons. The van der Waals surface area contributed by atoms with Crippen molar-refractivity contribution in [2.24, 2.45) is 7.05 Å². The third kappa shape index (κ3) is 4.87. The topological polar surface area (TPSA) is 96.4 Å². The number of benzene rings is 1. The summed E-state index contributed by atoms with van der Waals surface area (Å²) in [7, 11) is 3.49. The number of ether oxygens (including phenoxy) is 1. The Labute approximate surface area is 205 Å². The molecule has 1 aromatic carbocycles. The smallest absolute Gasteiger partial charge is 0.410 e. The zero-order valence-electron chi connectivity index (χ0n) is 21.0. The number of hydrogen-bond acceptors (Lipinski definition) is 6. The molecule has 0 N–H and O–H groups in total. The van der Waals surface area contributed by atoms with Crippen molar-refractivity contribution in [2.45, 2.75) is 51.8 Å². The van der Waals surface area contributed by atoms with E-state index in [1.807, 2.05) is 45.0 Å². The first-order valence-electron chi connectivity index (χ1n) is 11.8. The Bertz CT molecular complexity index is 1340. The number of amides is 1. The molecular formula is C26H32N6O3. The predicted molar refractivity (Wildman–Crippen MR) is 134 cm³/mol. The fraction of sp³-hybridized carbons (Fsp3) is 0.462. The summed E-state index contributed by atoms with van der Waals surface area (Å²) in [4.78, 5) is 34.3. The van der Waals surface area contributed by atoms with Crippen LogP contribution in [-0.4, -0.2) is 56.9 Å². The summed E-state index contributed by atoms with van der Waals surface area (Å²) in [6.07, 6.45) is 3.15. The van der Waals surface area contributed by atoms with Gasteiger partial charge in [-0.05, 0) is 51.3 Å². The summed E-state index contributed by atoms with van der Waals surface area (Å²) >= 11 is 0. The number of piperidine rings is 1. The Kier molecular flexibility index (Phi) is 6.57.